The molecule has 2 aromatic rings. The van der Waals surface area contributed by atoms with E-state index in [2.05, 4.69) is 29.2 Å². The molecule has 0 N–H and O–H groups in total. The summed E-state index contributed by atoms with van der Waals surface area (Å²) in [7, 11) is 0. The number of ether oxygens (including phenoxy) is 1. The molecule has 2 heterocycles. The zero-order valence-electron chi connectivity index (χ0n) is 15.3. The monoisotopic (exact) mass is 349 g/mol. The van der Waals surface area contributed by atoms with E-state index in [0.717, 1.165) is 63.1 Å². The molecule has 1 atom stereocenters. The molecule has 3 heteroatoms. The second kappa shape index (κ2) is 8.15. The van der Waals surface area contributed by atoms with Crippen LogP contribution in [0.1, 0.15) is 36.0 Å². The van der Waals surface area contributed by atoms with Crippen LogP contribution in [0.25, 0.3) is 11.1 Å². The van der Waals surface area contributed by atoms with Crippen molar-refractivity contribution in [3.63, 3.8) is 0 Å². The van der Waals surface area contributed by atoms with Crippen molar-refractivity contribution in [2.24, 2.45) is 5.92 Å². The van der Waals surface area contributed by atoms with Gasteiger partial charge in [0.05, 0.1) is 0 Å². The second-order valence-corrected chi connectivity index (χ2v) is 7.49. The van der Waals surface area contributed by atoms with Crippen LogP contribution in [0.5, 0.6) is 0 Å². The average Bonchev–Trinajstić information content (AvgIpc) is 2.75. The lowest BCUT2D eigenvalue weighted by molar-refractivity contribution is 0.0183. The number of ketones is 1. The number of benzene rings is 2. The highest BCUT2D eigenvalue weighted by atomic mass is 16.5. The Labute approximate surface area is 156 Å². The Morgan fingerprint density at radius 1 is 0.885 bits per heavy atom. The van der Waals surface area contributed by atoms with Gasteiger partial charge in [-0.3, -0.25) is 9.69 Å². The number of carbonyl (C=O) groups excluding carboxylic acids is 1. The summed E-state index contributed by atoms with van der Waals surface area (Å²) in [6, 6.07) is 19.0. The molecule has 0 aliphatic carbocycles. The number of carbonyl (C=O) groups is 1. The van der Waals surface area contributed by atoms with Gasteiger partial charge in [0.2, 0.25) is 0 Å². The van der Waals surface area contributed by atoms with Gasteiger partial charge in [0.15, 0.2) is 5.78 Å². The normalized spacial score (nSPS) is 22.2. The molecule has 2 aliphatic heterocycles. The molecule has 0 aromatic heterocycles. The molecule has 4 rings (SSSR count). The van der Waals surface area contributed by atoms with Crippen LogP contribution in [0.3, 0.4) is 0 Å². The van der Waals surface area contributed by atoms with Crippen LogP contribution >= 0.6 is 0 Å². The second-order valence-electron chi connectivity index (χ2n) is 7.49. The molecule has 3 nitrogen and oxygen atoms in total. The van der Waals surface area contributed by atoms with Crippen molar-refractivity contribution in [2.75, 3.05) is 26.3 Å². The fourth-order valence-electron chi connectivity index (χ4n) is 4.30. The molecule has 0 amide bonds. The van der Waals surface area contributed by atoms with Gasteiger partial charge in [-0.15, -0.1) is 0 Å². The molecule has 136 valence electrons. The fourth-order valence-corrected chi connectivity index (χ4v) is 4.30. The summed E-state index contributed by atoms with van der Waals surface area (Å²) in [4.78, 5) is 15.6. The smallest absolute Gasteiger partial charge is 0.167 e. The summed E-state index contributed by atoms with van der Waals surface area (Å²) < 4.78 is 5.49. The van der Waals surface area contributed by atoms with Gasteiger partial charge in [-0.1, -0.05) is 54.6 Å². The van der Waals surface area contributed by atoms with Gasteiger partial charge >= 0.3 is 0 Å². The Bertz CT molecular complexity index is 720. The standard InChI is InChI=1S/C23H27NO2/c25-23(20-10-8-19(9-11-20)18-5-2-1-3-6-18)21-7-4-14-24(17-21)22-12-15-26-16-13-22/h1-3,5-6,8-11,21-22H,4,7,12-17H2. The lowest BCUT2D eigenvalue weighted by Gasteiger charge is -2.39. The van der Waals surface area contributed by atoms with Crippen LogP contribution in [0.4, 0.5) is 0 Å². The van der Waals surface area contributed by atoms with Gasteiger partial charge in [-0.2, -0.15) is 0 Å². The third-order valence-corrected chi connectivity index (χ3v) is 5.81. The molecule has 0 radical (unpaired) electrons. The van der Waals surface area contributed by atoms with E-state index >= 15 is 0 Å². The Morgan fingerprint density at radius 2 is 1.58 bits per heavy atom. The maximum Gasteiger partial charge on any atom is 0.167 e. The summed E-state index contributed by atoms with van der Waals surface area (Å²) in [5.41, 5.74) is 3.20. The van der Waals surface area contributed by atoms with Crippen molar-refractivity contribution >= 4 is 5.78 Å². The quantitative estimate of drug-likeness (QED) is 0.765. The highest BCUT2D eigenvalue weighted by Gasteiger charge is 2.30. The zero-order valence-corrected chi connectivity index (χ0v) is 15.3. The van der Waals surface area contributed by atoms with E-state index < -0.39 is 0 Å². The maximum atomic E-state index is 13.0. The first-order valence-corrected chi connectivity index (χ1v) is 9.83. The van der Waals surface area contributed by atoms with Crippen molar-refractivity contribution in [3.05, 3.63) is 60.2 Å². The molecular weight excluding hydrogens is 322 g/mol. The largest absolute Gasteiger partial charge is 0.381 e. The first-order chi connectivity index (χ1) is 12.8. The van der Waals surface area contributed by atoms with Crippen LogP contribution in [-0.2, 0) is 4.74 Å². The minimum absolute atomic E-state index is 0.133. The van der Waals surface area contributed by atoms with Gasteiger partial charge < -0.3 is 4.74 Å². The average molecular weight is 349 g/mol. The molecule has 2 aromatic carbocycles. The SMILES string of the molecule is O=C(c1ccc(-c2ccccc2)cc1)C1CCCN(C2CCOCC2)C1. The molecule has 2 fully saturated rings. The number of piperidine rings is 1. The van der Waals surface area contributed by atoms with E-state index in [9.17, 15) is 4.79 Å². The summed E-state index contributed by atoms with van der Waals surface area (Å²) in [5.74, 6) is 0.440. The lowest BCUT2D eigenvalue weighted by Crippen LogP contribution is -2.46. The number of hydrogen-bond acceptors (Lipinski definition) is 3. The number of hydrogen-bond donors (Lipinski definition) is 0. The van der Waals surface area contributed by atoms with Crippen LogP contribution < -0.4 is 0 Å². The fraction of sp³-hybridized carbons (Fsp3) is 0.435. The zero-order chi connectivity index (χ0) is 17.8. The lowest BCUT2D eigenvalue weighted by atomic mass is 9.88. The van der Waals surface area contributed by atoms with Gasteiger partial charge in [0, 0.05) is 37.3 Å². The van der Waals surface area contributed by atoms with Gasteiger partial charge in [-0.05, 0) is 43.4 Å². The van der Waals surface area contributed by atoms with E-state index in [1.165, 1.54) is 5.56 Å². The van der Waals surface area contributed by atoms with Crippen molar-refractivity contribution in [1.29, 1.82) is 0 Å². The Hall–Kier alpha value is -1.97. The molecular formula is C23H27NO2. The summed E-state index contributed by atoms with van der Waals surface area (Å²) in [5, 5.41) is 0. The molecule has 0 bridgehead atoms. The highest BCUT2D eigenvalue weighted by molar-refractivity contribution is 5.98. The molecule has 0 saturated carbocycles. The Morgan fingerprint density at radius 3 is 2.31 bits per heavy atom. The first kappa shape index (κ1) is 17.4. The minimum Gasteiger partial charge on any atom is -0.381 e. The molecule has 26 heavy (non-hydrogen) atoms. The van der Waals surface area contributed by atoms with E-state index in [1.807, 2.05) is 30.3 Å². The number of Topliss-reactive ketones (excluding diaryl/α,β-unsaturated/α-hetero) is 1. The molecule has 2 aliphatic rings. The van der Waals surface area contributed by atoms with Crippen LogP contribution in [0, 0.1) is 5.92 Å². The predicted molar refractivity (Wildman–Crippen MR) is 104 cm³/mol. The highest BCUT2D eigenvalue weighted by Crippen LogP contribution is 2.26. The molecule has 1 unspecified atom stereocenters. The number of likely N-dealkylation sites (tertiary alicyclic amines) is 1. The molecule has 0 spiro atoms. The molecule has 2 saturated heterocycles. The van der Waals surface area contributed by atoms with E-state index in [4.69, 9.17) is 4.74 Å². The minimum atomic E-state index is 0.133. The van der Waals surface area contributed by atoms with Crippen molar-refractivity contribution < 1.29 is 9.53 Å². The van der Waals surface area contributed by atoms with Crippen molar-refractivity contribution in [1.82, 2.24) is 4.90 Å². The van der Waals surface area contributed by atoms with Gasteiger partial charge in [0.1, 0.15) is 0 Å². The van der Waals surface area contributed by atoms with E-state index in [-0.39, 0.29) is 5.92 Å². The Balaban J connectivity index is 1.43. The number of rotatable bonds is 4. The van der Waals surface area contributed by atoms with Crippen molar-refractivity contribution in [3.8, 4) is 11.1 Å². The maximum absolute atomic E-state index is 13.0. The number of nitrogens with zero attached hydrogens (tertiary/aromatic N) is 1. The van der Waals surface area contributed by atoms with Crippen molar-refractivity contribution in [2.45, 2.75) is 31.7 Å². The summed E-state index contributed by atoms with van der Waals surface area (Å²) >= 11 is 0. The van der Waals surface area contributed by atoms with Crippen LogP contribution in [0.2, 0.25) is 0 Å². The van der Waals surface area contributed by atoms with E-state index in [1.54, 1.807) is 0 Å². The summed E-state index contributed by atoms with van der Waals surface area (Å²) in [6.45, 7) is 3.76. The third-order valence-electron chi connectivity index (χ3n) is 5.81. The van der Waals surface area contributed by atoms with Gasteiger partial charge in [0.25, 0.3) is 0 Å². The predicted octanol–water partition coefficient (Wildman–Crippen LogP) is 4.43. The Kier molecular flexibility index (Phi) is 5.47. The van der Waals surface area contributed by atoms with E-state index in [0.29, 0.717) is 11.8 Å². The van der Waals surface area contributed by atoms with Gasteiger partial charge in [-0.25, -0.2) is 0 Å². The topological polar surface area (TPSA) is 29.5 Å². The van der Waals surface area contributed by atoms with Crippen LogP contribution in [-0.4, -0.2) is 43.0 Å². The third kappa shape index (κ3) is 3.89. The first-order valence-electron chi connectivity index (χ1n) is 9.83. The van der Waals surface area contributed by atoms with Crippen LogP contribution in [0.15, 0.2) is 54.6 Å². The summed E-state index contributed by atoms with van der Waals surface area (Å²) in [6.07, 6.45) is 4.34.